The second kappa shape index (κ2) is 17.1. The third-order valence-corrected chi connectivity index (χ3v) is 5.19. The van der Waals surface area contributed by atoms with Crippen LogP contribution in [0, 0.1) is 0 Å². The molecule has 3 atom stereocenters. The Morgan fingerprint density at radius 1 is 1.06 bits per heavy atom. The molecular formula is C23H33N3O5S2. The first-order valence-electron chi connectivity index (χ1n) is 10.8. The first kappa shape index (κ1) is 28.6. The first-order chi connectivity index (χ1) is 15.9. The number of allylic oxidation sites excluding steroid dienone is 1. The molecule has 8 nitrogen and oxygen atoms in total. The zero-order chi connectivity index (χ0) is 24.5. The van der Waals surface area contributed by atoms with Gasteiger partial charge in [0.05, 0.1) is 6.42 Å². The maximum atomic E-state index is 13.0. The minimum Gasteiger partial charge on any atom is -0.460 e. The second-order valence-corrected chi connectivity index (χ2v) is 8.07. The smallest absolute Gasteiger partial charge is 0.293 e. The molecule has 33 heavy (non-hydrogen) atoms. The molecule has 1 aromatic rings. The van der Waals surface area contributed by atoms with Crippen LogP contribution in [0.25, 0.3) is 0 Å². The van der Waals surface area contributed by atoms with Gasteiger partial charge >= 0.3 is 0 Å². The van der Waals surface area contributed by atoms with E-state index in [1.165, 1.54) is 0 Å². The highest BCUT2D eigenvalue weighted by Gasteiger charge is 2.27. The summed E-state index contributed by atoms with van der Waals surface area (Å²) in [5.74, 6) is -0.576. The van der Waals surface area contributed by atoms with Crippen LogP contribution >= 0.6 is 25.3 Å². The van der Waals surface area contributed by atoms with Crippen LogP contribution in [0.1, 0.15) is 31.7 Å². The Labute approximate surface area is 206 Å². The molecule has 10 heteroatoms. The van der Waals surface area contributed by atoms with Crippen molar-refractivity contribution in [3.63, 3.8) is 0 Å². The Bertz CT molecular complexity index is 777. The van der Waals surface area contributed by atoms with Crippen molar-refractivity contribution in [2.75, 3.05) is 18.1 Å². The third-order valence-electron chi connectivity index (χ3n) is 4.56. The molecule has 0 heterocycles. The average Bonchev–Trinajstić information content (AvgIpc) is 2.81. The van der Waals surface area contributed by atoms with E-state index in [1.54, 1.807) is 12.2 Å². The predicted octanol–water partition coefficient (Wildman–Crippen LogP) is 1.46. The third kappa shape index (κ3) is 11.8. The van der Waals surface area contributed by atoms with Crippen molar-refractivity contribution in [1.82, 2.24) is 16.0 Å². The van der Waals surface area contributed by atoms with Gasteiger partial charge in [0, 0.05) is 18.7 Å². The van der Waals surface area contributed by atoms with Crippen LogP contribution in [0.3, 0.4) is 0 Å². The number of hydrogen-bond donors (Lipinski definition) is 5. The molecule has 0 aromatic heterocycles. The fourth-order valence-electron chi connectivity index (χ4n) is 2.89. The number of hydrogen-bond acceptors (Lipinski definition) is 7. The minimum atomic E-state index is -0.931. The van der Waals surface area contributed by atoms with E-state index >= 15 is 0 Å². The molecular weight excluding hydrogens is 462 g/mol. The highest BCUT2D eigenvalue weighted by molar-refractivity contribution is 7.80. The van der Waals surface area contributed by atoms with Crippen LogP contribution in [-0.2, 0) is 30.3 Å². The molecule has 0 aliphatic rings. The Hall–Kier alpha value is -2.46. The first-order valence-corrected chi connectivity index (χ1v) is 12.1. The zero-order valence-corrected chi connectivity index (χ0v) is 20.5. The van der Waals surface area contributed by atoms with Gasteiger partial charge in [-0.2, -0.15) is 25.3 Å². The van der Waals surface area contributed by atoms with E-state index in [9.17, 15) is 19.2 Å². The SMILES string of the molecule is CCCNC(=O)C(CS)NC(=O)C(Cc1ccccc1)NC(=O)CC(/C=C/CCS)OC=O. The van der Waals surface area contributed by atoms with E-state index in [4.69, 9.17) is 4.74 Å². The van der Waals surface area contributed by atoms with Gasteiger partial charge in [-0.25, -0.2) is 0 Å². The summed E-state index contributed by atoms with van der Waals surface area (Å²) in [4.78, 5) is 48.7. The molecule has 0 saturated heterocycles. The van der Waals surface area contributed by atoms with Crippen LogP contribution in [0.15, 0.2) is 42.5 Å². The van der Waals surface area contributed by atoms with Crippen molar-refractivity contribution in [3.05, 3.63) is 48.0 Å². The summed E-state index contributed by atoms with van der Waals surface area (Å²) in [7, 11) is 0. The fourth-order valence-corrected chi connectivity index (χ4v) is 3.29. The molecule has 0 aliphatic carbocycles. The minimum absolute atomic E-state index is 0.110. The summed E-state index contributed by atoms with van der Waals surface area (Å²) in [5.41, 5.74) is 0.838. The molecule has 1 rings (SSSR count). The molecule has 1 aromatic carbocycles. The van der Waals surface area contributed by atoms with Crippen LogP contribution in [-0.4, -0.2) is 60.4 Å². The summed E-state index contributed by atoms with van der Waals surface area (Å²) in [6.45, 7) is 2.70. The standard InChI is InChI=1S/C23H33N3O5S2/c1-2-11-24-22(29)20(15-33)26-23(30)19(13-17-8-4-3-5-9-17)25-21(28)14-18(31-16-27)10-6-7-12-32/h3-6,8-10,16,18-20,32-33H,2,7,11-15H2,1H3,(H,24,29)(H,25,28)(H,26,30)/b10-6+. The number of rotatable bonds is 16. The Morgan fingerprint density at radius 2 is 1.79 bits per heavy atom. The molecule has 0 saturated carbocycles. The number of thiol groups is 2. The van der Waals surface area contributed by atoms with Gasteiger partial charge in [0.15, 0.2) is 0 Å². The van der Waals surface area contributed by atoms with Crippen molar-refractivity contribution >= 4 is 49.5 Å². The number of ether oxygens (including phenoxy) is 1. The lowest BCUT2D eigenvalue weighted by molar-refractivity contribution is -0.135. The molecule has 0 spiro atoms. The molecule has 182 valence electrons. The highest BCUT2D eigenvalue weighted by Crippen LogP contribution is 2.07. The van der Waals surface area contributed by atoms with E-state index in [-0.39, 0.29) is 31.0 Å². The summed E-state index contributed by atoms with van der Waals surface area (Å²) >= 11 is 8.28. The summed E-state index contributed by atoms with van der Waals surface area (Å²) in [6, 6.07) is 7.44. The maximum Gasteiger partial charge on any atom is 0.293 e. The second-order valence-electron chi connectivity index (χ2n) is 7.26. The lowest BCUT2D eigenvalue weighted by Gasteiger charge is -2.23. The molecule has 0 fully saturated rings. The number of carbonyl (C=O) groups excluding carboxylic acids is 4. The number of amides is 3. The fraction of sp³-hybridized carbons (Fsp3) is 0.478. The monoisotopic (exact) mass is 495 g/mol. The van der Waals surface area contributed by atoms with Gasteiger partial charge in [-0.1, -0.05) is 43.3 Å². The van der Waals surface area contributed by atoms with Crippen LogP contribution in [0.4, 0.5) is 0 Å². The van der Waals surface area contributed by atoms with Gasteiger partial charge in [0.25, 0.3) is 6.47 Å². The van der Waals surface area contributed by atoms with Gasteiger partial charge in [0.1, 0.15) is 18.2 Å². The van der Waals surface area contributed by atoms with Crippen molar-refractivity contribution in [2.45, 2.75) is 50.8 Å². The average molecular weight is 496 g/mol. The van der Waals surface area contributed by atoms with Crippen molar-refractivity contribution in [1.29, 1.82) is 0 Å². The molecule has 0 bridgehead atoms. The lowest BCUT2D eigenvalue weighted by atomic mass is 10.0. The van der Waals surface area contributed by atoms with Gasteiger partial charge in [0.2, 0.25) is 17.7 Å². The zero-order valence-electron chi connectivity index (χ0n) is 18.7. The topological polar surface area (TPSA) is 114 Å². The van der Waals surface area contributed by atoms with Crippen LogP contribution in [0.5, 0.6) is 0 Å². The Kier molecular flexibility index (Phi) is 14.8. The Morgan fingerprint density at radius 3 is 2.39 bits per heavy atom. The molecule has 3 unspecified atom stereocenters. The molecule has 3 N–H and O–H groups in total. The quantitative estimate of drug-likeness (QED) is 0.135. The molecule has 3 amide bonds. The van der Waals surface area contributed by atoms with Gasteiger partial charge in [-0.15, -0.1) is 0 Å². The lowest BCUT2D eigenvalue weighted by Crippen LogP contribution is -2.55. The molecule has 0 aliphatic heterocycles. The van der Waals surface area contributed by atoms with Crippen molar-refractivity contribution in [2.24, 2.45) is 0 Å². The van der Waals surface area contributed by atoms with Gasteiger partial charge in [-0.05, 0) is 30.2 Å². The number of carbonyl (C=O) groups is 4. The van der Waals surface area contributed by atoms with E-state index in [0.717, 1.165) is 12.0 Å². The Balaban J connectivity index is 2.92. The maximum absolute atomic E-state index is 13.0. The van der Waals surface area contributed by atoms with Crippen LogP contribution in [0.2, 0.25) is 0 Å². The van der Waals surface area contributed by atoms with Crippen molar-refractivity contribution in [3.8, 4) is 0 Å². The predicted molar refractivity (Wildman–Crippen MR) is 134 cm³/mol. The van der Waals surface area contributed by atoms with Crippen molar-refractivity contribution < 1.29 is 23.9 Å². The number of nitrogens with one attached hydrogen (secondary N) is 3. The largest absolute Gasteiger partial charge is 0.460 e. The van der Waals surface area contributed by atoms with Gasteiger partial charge in [-0.3, -0.25) is 19.2 Å². The van der Waals surface area contributed by atoms with Crippen LogP contribution < -0.4 is 16.0 Å². The summed E-state index contributed by atoms with van der Waals surface area (Å²) in [5, 5.41) is 8.10. The summed E-state index contributed by atoms with van der Waals surface area (Å²) in [6.07, 6.45) is 4.13. The van der Waals surface area contributed by atoms with E-state index in [0.29, 0.717) is 18.7 Å². The van der Waals surface area contributed by atoms with E-state index < -0.39 is 30.0 Å². The van der Waals surface area contributed by atoms with E-state index in [1.807, 2.05) is 37.3 Å². The number of benzene rings is 1. The van der Waals surface area contributed by atoms with Gasteiger partial charge < -0.3 is 20.7 Å². The highest BCUT2D eigenvalue weighted by atomic mass is 32.1. The normalized spacial score (nSPS) is 13.5. The summed E-state index contributed by atoms with van der Waals surface area (Å²) < 4.78 is 4.95. The van der Waals surface area contributed by atoms with E-state index in [2.05, 4.69) is 41.2 Å². The molecule has 0 radical (unpaired) electrons.